The molecule has 168 valence electrons. The van der Waals surface area contributed by atoms with E-state index in [4.69, 9.17) is 20.8 Å². The quantitative estimate of drug-likeness (QED) is 0.569. The number of nitrogens with zero attached hydrogens (tertiary/aromatic N) is 2. The molecule has 10 heteroatoms. The molecule has 9 nitrogen and oxygen atoms in total. The lowest BCUT2D eigenvalue weighted by Crippen LogP contribution is -2.54. The van der Waals surface area contributed by atoms with Gasteiger partial charge in [-0.05, 0) is 37.3 Å². The van der Waals surface area contributed by atoms with Crippen molar-refractivity contribution in [3.8, 4) is 0 Å². The largest absolute Gasteiger partial charge is 0.464 e. The minimum Gasteiger partial charge on any atom is -0.464 e. The van der Waals surface area contributed by atoms with E-state index in [1.54, 1.807) is 42.2 Å². The van der Waals surface area contributed by atoms with E-state index in [9.17, 15) is 14.4 Å². The maximum Gasteiger partial charge on any atom is 0.356 e. The van der Waals surface area contributed by atoms with Gasteiger partial charge < -0.3 is 24.4 Å². The summed E-state index contributed by atoms with van der Waals surface area (Å²) < 4.78 is 10.0. The third kappa shape index (κ3) is 4.21. The molecule has 0 aliphatic carbocycles. The lowest BCUT2D eigenvalue weighted by Gasteiger charge is -2.37. The summed E-state index contributed by atoms with van der Waals surface area (Å²) in [6.07, 6.45) is 1.47. The highest BCUT2D eigenvalue weighted by atomic mass is 35.5. The van der Waals surface area contributed by atoms with Gasteiger partial charge in [0, 0.05) is 42.1 Å². The summed E-state index contributed by atoms with van der Waals surface area (Å²) >= 11 is 6.12. The summed E-state index contributed by atoms with van der Waals surface area (Å²) in [6.45, 7) is 3.81. The van der Waals surface area contributed by atoms with Crippen molar-refractivity contribution in [1.29, 1.82) is 0 Å². The summed E-state index contributed by atoms with van der Waals surface area (Å²) in [4.78, 5) is 44.4. The number of esters is 1. The van der Waals surface area contributed by atoms with E-state index in [0.717, 1.165) is 0 Å². The van der Waals surface area contributed by atoms with Crippen LogP contribution in [-0.2, 0) is 9.53 Å². The zero-order chi connectivity index (χ0) is 22.8. The molecule has 0 radical (unpaired) electrons. The number of amides is 2. The normalized spacial score (nSPS) is 15.5. The lowest BCUT2D eigenvalue weighted by atomic mass is 10.1. The number of anilines is 1. The highest BCUT2D eigenvalue weighted by Gasteiger charge is 2.30. The molecule has 4 rings (SSSR count). The second-order valence-electron chi connectivity index (χ2n) is 7.53. The second kappa shape index (κ2) is 9.05. The maximum atomic E-state index is 13.1. The molecule has 1 saturated heterocycles. The zero-order valence-electron chi connectivity index (χ0n) is 17.7. The number of hydrogen-bond acceptors (Lipinski definition) is 6. The van der Waals surface area contributed by atoms with E-state index in [1.807, 2.05) is 4.90 Å². The number of carbonyl (C=O) groups is 3. The lowest BCUT2D eigenvalue weighted by molar-refractivity contribution is -0.121. The van der Waals surface area contributed by atoms with Gasteiger partial charge in [-0.15, -0.1) is 0 Å². The first-order chi connectivity index (χ1) is 15.4. The van der Waals surface area contributed by atoms with Crippen molar-refractivity contribution in [2.45, 2.75) is 13.0 Å². The molecule has 1 aliphatic heterocycles. The summed E-state index contributed by atoms with van der Waals surface area (Å²) in [5, 5.41) is 3.96. The Kier molecular flexibility index (Phi) is 6.20. The molecule has 1 fully saturated rings. The predicted molar refractivity (Wildman–Crippen MR) is 119 cm³/mol. The number of benzene rings is 1. The van der Waals surface area contributed by atoms with Crippen LogP contribution in [0.15, 0.2) is 41.0 Å². The summed E-state index contributed by atoms with van der Waals surface area (Å²) in [5.74, 6) is -0.727. The number of carbonyl (C=O) groups excluding carboxylic acids is 3. The van der Waals surface area contributed by atoms with E-state index in [1.165, 1.54) is 13.4 Å². The van der Waals surface area contributed by atoms with Gasteiger partial charge in [0.15, 0.2) is 5.76 Å². The van der Waals surface area contributed by atoms with Crippen LogP contribution in [0.1, 0.15) is 28.0 Å². The van der Waals surface area contributed by atoms with Crippen LogP contribution >= 0.6 is 11.6 Å². The van der Waals surface area contributed by atoms with Gasteiger partial charge in [0.05, 0.1) is 25.1 Å². The molecule has 0 bridgehead atoms. The molecule has 2 amide bonds. The molecule has 0 saturated carbocycles. The fraction of sp³-hybridized carbons (Fsp3) is 0.318. The molecular weight excluding hydrogens is 436 g/mol. The third-order valence-electron chi connectivity index (χ3n) is 5.66. The molecule has 3 heterocycles. The Balaban J connectivity index is 1.46. The molecule has 32 heavy (non-hydrogen) atoms. The number of furan rings is 1. The Hall–Kier alpha value is -3.30. The molecule has 2 N–H and O–H groups in total. The number of nitrogens with one attached hydrogen (secondary N) is 2. The first kappa shape index (κ1) is 21.9. The number of halogens is 1. The Labute approximate surface area is 189 Å². The monoisotopic (exact) mass is 458 g/mol. The molecule has 2 aromatic heterocycles. The van der Waals surface area contributed by atoms with Crippen LogP contribution in [-0.4, -0.2) is 71.9 Å². The van der Waals surface area contributed by atoms with Gasteiger partial charge in [-0.2, -0.15) is 0 Å². The maximum absolute atomic E-state index is 13.1. The second-order valence-corrected chi connectivity index (χ2v) is 7.96. The van der Waals surface area contributed by atoms with Gasteiger partial charge in [-0.1, -0.05) is 11.6 Å². The Morgan fingerprint density at radius 1 is 1.19 bits per heavy atom. The average molecular weight is 459 g/mol. The van der Waals surface area contributed by atoms with E-state index in [-0.39, 0.29) is 17.5 Å². The van der Waals surface area contributed by atoms with Crippen molar-refractivity contribution in [2.24, 2.45) is 0 Å². The van der Waals surface area contributed by atoms with E-state index in [0.29, 0.717) is 53.6 Å². The number of rotatable bonds is 5. The van der Waals surface area contributed by atoms with Gasteiger partial charge in [0.1, 0.15) is 5.69 Å². The van der Waals surface area contributed by atoms with Crippen LogP contribution in [0, 0.1) is 0 Å². The van der Waals surface area contributed by atoms with Crippen molar-refractivity contribution >= 4 is 46.0 Å². The van der Waals surface area contributed by atoms with Crippen molar-refractivity contribution in [1.82, 2.24) is 14.8 Å². The van der Waals surface area contributed by atoms with Gasteiger partial charge in [-0.25, -0.2) is 4.79 Å². The number of H-pyrrole nitrogens is 1. The Bertz CT molecular complexity index is 1150. The minimum atomic E-state index is -0.592. The highest BCUT2D eigenvalue weighted by molar-refractivity contribution is 6.31. The van der Waals surface area contributed by atoms with Crippen molar-refractivity contribution in [2.75, 3.05) is 38.6 Å². The number of aromatic nitrogens is 1. The highest BCUT2D eigenvalue weighted by Crippen LogP contribution is 2.31. The molecule has 3 aromatic rings. The average Bonchev–Trinajstić information content (AvgIpc) is 3.46. The summed E-state index contributed by atoms with van der Waals surface area (Å²) in [5.41, 5.74) is 1.14. The molecule has 1 atom stereocenters. The minimum absolute atomic E-state index is 0.152. The van der Waals surface area contributed by atoms with E-state index < -0.39 is 12.0 Å². The number of ether oxygens (including phenoxy) is 1. The van der Waals surface area contributed by atoms with Gasteiger partial charge >= 0.3 is 5.97 Å². The molecular formula is C22H23ClN4O5. The van der Waals surface area contributed by atoms with E-state index >= 15 is 0 Å². The summed E-state index contributed by atoms with van der Waals surface area (Å²) in [7, 11) is 1.28. The SMILES string of the molecule is COC(=O)c1[nH]c2ccc(Cl)cc2c1NC(=O)[C@@H](C)N1CCN(C(=O)c2ccco2)CC1. The molecule has 0 spiro atoms. The van der Waals surface area contributed by atoms with Crippen LogP contribution in [0.25, 0.3) is 10.9 Å². The van der Waals surface area contributed by atoms with Gasteiger partial charge in [0.2, 0.25) is 5.91 Å². The molecule has 1 aliphatic rings. The predicted octanol–water partition coefficient (Wildman–Crippen LogP) is 2.99. The fourth-order valence-electron chi connectivity index (χ4n) is 3.81. The third-order valence-corrected chi connectivity index (χ3v) is 5.89. The number of methoxy groups -OCH3 is 1. The van der Waals surface area contributed by atoms with Crippen molar-refractivity contribution < 1.29 is 23.5 Å². The molecule has 1 aromatic carbocycles. The van der Waals surface area contributed by atoms with Crippen molar-refractivity contribution in [3.05, 3.63) is 53.1 Å². The number of aromatic amines is 1. The molecule has 0 unspecified atom stereocenters. The Morgan fingerprint density at radius 2 is 1.94 bits per heavy atom. The van der Waals surface area contributed by atoms with Crippen LogP contribution in [0.2, 0.25) is 5.02 Å². The number of piperazine rings is 1. The van der Waals surface area contributed by atoms with Gasteiger partial charge in [-0.3, -0.25) is 14.5 Å². The van der Waals surface area contributed by atoms with Crippen LogP contribution in [0.4, 0.5) is 5.69 Å². The number of hydrogen-bond donors (Lipinski definition) is 2. The zero-order valence-corrected chi connectivity index (χ0v) is 18.4. The topological polar surface area (TPSA) is 108 Å². The standard InChI is InChI=1S/C22H23ClN4O5/c1-13(26-7-9-27(10-8-26)21(29)17-4-3-11-32-17)20(28)25-18-15-12-14(23)5-6-16(15)24-19(18)22(30)31-2/h3-6,11-13,24H,7-10H2,1-2H3,(H,25,28)/t13-/m1/s1. The van der Waals surface area contributed by atoms with Crippen molar-refractivity contribution in [3.63, 3.8) is 0 Å². The van der Waals surface area contributed by atoms with Crippen LogP contribution in [0.5, 0.6) is 0 Å². The first-order valence-electron chi connectivity index (χ1n) is 10.2. The smallest absolute Gasteiger partial charge is 0.356 e. The van der Waals surface area contributed by atoms with Crippen LogP contribution < -0.4 is 5.32 Å². The van der Waals surface area contributed by atoms with E-state index in [2.05, 4.69) is 10.3 Å². The fourth-order valence-corrected chi connectivity index (χ4v) is 3.98. The van der Waals surface area contributed by atoms with Gasteiger partial charge in [0.25, 0.3) is 5.91 Å². The Morgan fingerprint density at radius 3 is 2.59 bits per heavy atom. The first-order valence-corrected chi connectivity index (χ1v) is 10.5. The summed E-state index contributed by atoms with van der Waals surface area (Å²) in [6, 6.07) is 7.94. The van der Waals surface area contributed by atoms with Crippen LogP contribution in [0.3, 0.4) is 0 Å². The number of fused-ring (bicyclic) bond motifs is 1.